The zero-order valence-corrected chi connectivity index (χ0v) is 16.0. The maximum absolute atomic E-state index is 8.07. The molecule has 2 aromatic rings. The molecule has 24 heavy (non-hydrogen) atoms. The smallest absolute Gasteiger partial charge is 0.0430 e. The van der Waals surface area contributed by atoms with Gasteiger partial charge in [0.05, 0.1) is 0 Å². The predicted octanol–water partition coefficient (Wildman–Crippen LogP) is 6.53. The van der Waals surface area contributed by atoms with E-state index in [1.807, 2.05) is 13.8 Å². The van der Waals surface area contributed by atoms with Gasteiger partial charge in [-0.2, -0.15) is 0 Å². The van der Waals surface area contributed by atoms with Gasteiger partial charge in [-0.25, -0.2) is 0 Å². The molecule has 0 amide bonds. The molecule has 0 aliphatic carbocycles. The summed E-state index contributed by atoms with van der Waals surface area (Å²) >= 11 is 0. The van der Waals surface area contributed by atoms with Gasteiger partial charge in [0, 0.05) is 6.61 Å². The van der Waals surface area contributed by atoms with Crippen LogP contribution in [0.5, 0.6) is 0 Å². The molecule has 2 aromatic carbocycles. The minimum Gasteiger partial charge on any atom is -0.396 e. The van der Waals surface area contributed by atoms with Gasteiger partial charge in [0.15, 0.2) is 0 Å². The molecule has 0 atom stereocenters. The maximum Gasteiger partial charge on any atom is 0.0430 e. The fourth-order valence-corrected chi connectivity index (χ4v) is 1.89. The van der Waals surface area contributed by atoms with E-state index in [0.717, 1.165) is 19.3 Å². The van der Waals surface area contributed by atoms with E-state index < -0.39 is 0 Å². The zero-order valence-electron chi connectivity index (χ0n) is 16.0. The summed E-state index contributed by atoms with van der Waals surface area (Å²) in [4.78, 5) is 0. The molecule has 2 rings (SSSR count). The van der Waals surface area contributed by atoms with E-state index >= 15 is 0 Å². The highest BCUT2D eigenvalue weighted by Gasteiger charge is 1.90. The van der Waals surface area contributed by atoms with Gasteiger partial charge in [-0.1, -0.05) is 100 Å². The van der Waals surface area contributed by atoms with Crippen molar-refractivity contribution in [2.75, 3.05) is 6.61 Å². The average Bonchev–Trinajstić information content (AvgIpc) is 2.64. The lowest BCUT2D eigenvalue weighted by molar-refractivity contribution is 0.287. The van der Waals surface area contributed by atoms with Gasteiger partial charge in [0.2, 0.25) is 0 Å². The number of aryl methyl sites for hydroxylation is 2. The number of benzene rings is 2. The Hall–Kier alpha value is -1.86. The van der Waals surface area contributed by atoms with Gasteiger partial charge >= 0.3 is 0 Å². The van der Waals surface area contributed by atoms with Gasteiger partial charge in [0.25, 0.3) is 0 Å². The molecule has 1 nitrogen and oxygen atoms in total. The third-order valence-corrected chi connectivity index (χ3v) is 3.45. The van der Waals surface area contributed by atoms with Crippen molar-refractivity contribution in [2.24, 2.45) is 0 Å². The van der Waals surface area contributed by atoms with Gasteiger partial charge in [-0.3, -0.25) is 0 Å². The van der Waals surface area contributed by atoms with Crippen molar-refractivity contribution in [3.8, 4) is 0 Å². The Labute approximate surface area is 149 Å². The van der Waals surface area contributed by atoms with Gasteiger partial charge < -0.3 is 5.11 Å². The summed E-state index contributed by atoms with van der Waals surface area (Å²) in [6, 6.07) is 17.3. The Morgan fingerprint density at radius 2 is 1.25 bits per heavy atom. The van der Waals surface area contributed by atoms with Crippen LogP contribution in [-0.4, -0.2) is 11.7 Å². The van der Waals surface area contributed by atoms with Crippen LogP contribution in [0.1, 0.15) is 62.8 Å². The van der Waals surface area contributed by atoms with Crippen molar-refractivity contribution in [1.82, 2.24) is 0 Å². The van der Waals surface area contributed by atoms with Crippen molar-refractivity contribution in [1.29, 1.82) is 0 Å². The zero-order chi connectivity index (χ0) is 18.2. The lowest BCUT2D eigenvalue weighted by Crippen LogP contribution is -1.79. The molecule has 0 heterocycles. The first-order valence-electron chi connectivity index (χ1n) is 9.14. The lowest BCUT2D eigenvalue weighted by atomic mass is 10.1. The second-order valence-corrected chi connectivity index (χ2v) is 5.42. The summed E-state index contributed by atoms with van der Waals surface area (Å²) in [5.74, 6) is 0. The highest BCUT2D eigenvalue weighted by molar-refractivity contribution is 5.69. The van der Waals surface area contributed by atoms with Crippen molar-refractivity contribution < 1.29 is 5.11 Å². The largest absolute Gasteiger partial charge is 0.396 e. The number of hydrogen-bond acceptors (Lipinski definition) is 1. The van der Waals surface area contributed by atoms with Gasteiger partial charge in [-0.15, -0.1) is 0 Å². The van der Waals surface area contributed by atoms with Crippen LogP contribution in [0.15, 0.2) is 48.5 Å². The number of rotatable bonds is 5. The number of aliphatic hydroxyl groups excluding tert-OH is 1. The number of aliphatic hydroxyl groups is 1. The van der Waals surface area contributed by atoms with Gasteiger partial charge in [0.1, 0.15) is 0 Å². The quantitative estimate of drug-likeness (QED) is 0.619. The highest BCUT2D eigenvalue weighted by Crippen LogP contribution is 2.10. The minimum absolute atomic E-state index is 0.344. The molecule has 0 aliphatic heterocycles. The van der Waals surface area contributed by atoms with Crippen LogP contribution in [0.25, 0.3) is 12.2 Å². The minimum atomic E-state index is 0.344. The normalized spacial score (nSPS) is 9.75. The van der Waals surface area contributed by atoms with Crippen LogP contribution in [0, 0.1) is 6.92 Å². The van der Waals surface area contributed by atoms with Crippen molar-refractivity contribution in [3.05, 3.63) is 70.8 Å². The fourth-order valence-electron chi connectivity index (χ4n) is 1.89. The van der Waals surface area contributed by atoms with Gasteiger partial charge in [-0.05, 0) is 36.5 Å². The van der Waals surface area contributed by atoms with E-state index in [-0.39, 0.29) is 0 Å². The fraction of sp³-hybridized carbons (Fsp3) is 0.391. The molecule has 0 spiro atoms. The van der Waals surface area contributed by atoms with Crippen molar-refractivity contribution in [2.45, 2.75) is 53.9 Å². The molecule has 0 aliphatic rings. The molecule has 0 aromatic heterocycles. The molecule has 1 heteroatoms. The van der Waals surface area contributed by atoms with Crippen LogP contribution in [0.4, 0.5) is 0 Å². The Bertz CT molecular complexity index is 533. The monoisotopic (exact) mass is 326 g/mol. The lowest BCUT2D eigenvalue weighted by Gasteiger charge is -1.98. The molecule has 132 valence electrons. The van der Waals surface area contributed by atoms with Crippen LogP contribution in [0.3, 0.4) is 0 Å². The van der Waals surface area contributed by atoms with Crippen molar-refractivity contribution in [3.63, 3.8) is 0 Å². The van der Waals surface area contributed by atoms with E-state index in [1.54, 1.807) is 0 Å². The Morgan fingerprint density at radius 3 is 1.58 bits per heavy atom. The number of unbranched alkanes of at least 4 members (excludes halogenated alkanes) is 1. The summed E-state index contributed by atoms with van der Waals surface area (Å²) in [6.07, 6.45) is 7.45. The summed E-state index contributed by atoms with van der Waals surface area (Å²) in [6.45, 7) is 10.7. The maximum atomic E-state index is 8.07. The molecule has 0 saturated heterocycles. The van der Waals surface area contributed by atoms with E-state index in [2.05, 4.69) is 81.5 Å². The SMILES string of the molecule is CC.CCCCO.CCc1ccc(/C=C/c2ccc(C)cc2)cc1. The third kappa shape index (κ3) is 10.0. The first kappa shape index (κ1) is 22.1. The van der Waals surface area contributed by atoms with E-state index in [0.29, 0.717) is 6.61 Å². The molecule has 1 N–H and O–H groups in total. The Kier molecular flexibility index (Phi) is 13.6. The molecule has 0 unspecified atom stereocenters. The Balaban J connectivity index is 0.000000650. The van der Waals surface area contributed by atoms with Crippen LogP contribution in [0.2, 0.25) is 0 Å². The average molecular weight is 327 g/mol. The molecule has 0 bridgehead atoms. The molecule has 0 fully saturated rings. The molecule has 0 radical (unpaired) electrons. The first-order chi connectivity index (χ1) is 11.7. The molecular formula is C23H34O. The standard InChI is InChI=1S/C17H18.C4H10O.C2H6/c1-3-15-8-10-17(11-9-15)13-12-16-6-4-14(2)5-7-16;1-2-3-4-5;1-2/h4-13H,3H2,1-2H3;5H,2-4H2,1H3;1-2H3/b13-12+;;. The Morgan fingerprint density at radius 1 is 0.792 bits per heavy atom. The van der Waals surface area contributed by atoms with E-state index in [1.165, 1.54) is 22.3 Å². The van der Waals surface area contributed by atoms with Crippen LogP contribution < -0.4 is 0 Å². The first-order valence-corrected chi connectivity index (χ1v) is 9.14. The van der Waals surface area contributed by atoms with Crippen LogP contribution >= 0.6 is 0 Å². The van der Waals surface area contributed by atoms with Crippen molar-refractivity contribution >= 4 is 12.2 Å². The molecule has 0 saturated carbocycles. The summed E-state index contributed by atoms with van der Waals surface area (Å²) in [5, 5.41) is 8.07. The predicted molar refractivity (Wildman–Crippen MR) is 109 cm³/mol. The van der Waals surface area contributed by atoms with Crippen LogP contribution in [-0.2, 0) is 6.42 Å². The second-order valence-electron chi connectivity index (χ2n) is 5.42. The summed E-state index contributed by atoms with van der Waals surface area (Å²) < 4.78 is 0. The summed E-state index contributed by atoms with van der Waals surface area (Å²) in [5.41, 5.74) is 5.19. The van der Waals surface area contributed by atoms with E-state index in [4.69, 9.17) is 5.11 Å². The topological polar surface area (TPSA) is 20.2 Å². The summed E-state index contributed by atoms with van der Waals surface area (Å²) in [7, 11) is 0. The number of hydrogen-bond donors (Lipinski definition) is 1. The molecular weight excluding hydrogens is 292 g/mol. The van der Waals surface area contributed by atoms with E-state index in [9.17, 15) is 0 Å². The second kappa shape index (κ2) is 14.7. The third-order valence-electron chi connectivity index (χ3n) is 3.45. The highest BCUT2D eigenvalue weighted by atomic mass is 16.2.